The van der Waals surface area contributed by atoms with E-state index in [1.54, 1.807) is 0 Å². The van der Waals surface area contributed by atoms with Crippen LogP contribution in [0.15, 0.2) is 116 Å². The highest BCUT2D eigenvalue weighted by Crippen LogP contribution is 2.32. The van der Waals surface area contributed by atoms with Crippen molar-refractivity contribution in [3.8, 4) is 16.8 Å². The van der Waals surface area contributed by atoms with Crippen LogP contribution < -0.4 is 5.73 Å². The van der Waals surface area contributed by atoms with Crippen LogP contribution in [0.3, 0.4) is 0 Å². The van der Waals surface area contributed by atoms with Gasteiger partial charge in [-0.2, -0.15) is 0 Å². The van der Waals surface area contributed by atoms with E-state index in [-0.39, 0.29) is 4.05 Å². The zero-order valence-corrected chi connectivity index (χ0v) is 20.9. The summed E-state index contributed by atoms with van der Waals surface area (Å²) in [5.74, 6) is 0.516. The van der Waals surface area contributed by atoms with E-state index in [9.17, 15) is 0 Å². The topological polar surface area (TPSA) is 60.0 Å². The zero-order chi connectivity index (χ0) is 23.8. The molecule has 6 heteroatoms. The van der Waals surface area contributed by atoms with Crippen LogP contribution in [-0.4, -0.2) is 23.5 Å². The number of hydrogen-bond acceptors (Lipinski definition) is 4. The number of allylic oxidation sites excluding steroid dienone is 2. The number of nitrogens with zero attached hydrogens (tertiary/aromatic N) is 4. The van der Waals surface area contributed by atoms with Crippen molar-refractivity contribution in [2.24, 2.45) is 5.73 Å². The fraction of sp³-hybridized carbons (Fsp3) is 0.0345. The number of rotatable bonds is 4. The number of fused-ring (bicyclic) bond motifs is 3. The number of alkyl halides is 1. The first kappa shape index (κ1) is 21.6. The van der Waals surface area contributed by atoms with E-state index >= 15 is 0 Å². The summed E-state index contributed by atoms with van der Waals surface area (Å²) in [6.07, 6.45) is 13.6. The van der Waals surface area contributed by atoms with E-state index in [0.717, 1.165) is 16.8 Å². The highest BCUT2D eigenvalue weighted by atomic mass is 127. The Morgan fingerprint density at radius 1 is 0.800 bits per heavy atom. The normalized spacial score (nSPS) is 15.9. The van der Waals surface area contributed by atoms with Crippen LogP contribution in [0.25, 0.3) is 44.3 Å². The Bertz CT molecular complexity index is 1560. The number of aromatic nitrogens is 3. The van der Waals surface area contributed by atoms with Gasteiger partial charge in [-0.3, -0.25) is 0 Å². The lowest BCUT2D eigenvalue weighted by molar-refractivity contribution is 0.542. The molecule has 0 spiro atoms. The quantitative estimate of drug-likeness (QED) is 0.150. The van der Waals surface area contributed by atoms with Gasteiger partial charge in [0.05, 0.1) is 16.7 Å². The maximum absolute atomic E-state index is 6.27. The van der Waals surface area contributed by atoms with Gasteiger partial charge in [0.25, 0.3) is 0 Å². The Morgan fingerprint density at radius 3 is 2.06 bits per heavy atom. The van der Waals surface area contributed by atoms with Gasteiger partial charge in [-0.05, 0) is 35.9 Å². The molecule has 6 rings (SSSR count). The number of hydrogen-bond donors (Lipinski definition) is 1. The van der Waals surface area contributed by atoms with Gasteiger partial charge >= 0.3 is 0 Å². The fourth-order valence-corrected chi connectivity index (χ4v) is 5.04. The maximum Gasteiger partial charge on any atom is 0.176 e. The van der Waals surface area contributed by atoms with Crippen molar-refractivity contribution in [2.45, 2.75) is 4.05 Å². The molecule has 0 aliphatic carbocycles. The molecular weight excluding hydrogens is 545 g/mol. The summed E-state index contributed by atoms with van der Waals surface area (Å²) in [6.45, 7) is 0. The van der Waals surface area contributed by atoms with Crippen molar-refractivity contribution in [1.29, 1.82) is 0 Å². The summed E-state index contributed by atoms with van der Waals surface area (Å²) in [6, 6.07) is 25.6. The van der Waals surface area contributed by atoms with Gasteiger partial charge in [-0.1, -0.05) is 83.3 Å². The Kier molecular flexibility index (Phi) is 5.58. The summed E-state index contributed by atoms with van der Waals surface area (Å²) in [5.41, 5.74) is 12.3. The summed E-state index contributed by atoms with van der Waals surface area (Å²) in [4.78, 5) is 11.1. The van der Waals surface area contributed by atoms with Gasteiger partial charge in [-0.25, -0.2) is 9.97 Å². The third kappa shape index (κ3) is 4.00. The first-order valence-electron chi connectivity index (χ1n) is 11.3. The molecule has 1 aliphatic heterocycles. The van der Waals surface area contributed by atoms with Crippen molar-refractivity contribution < 1.29 is 0 Å². The van der Waals surface area contributed by atoms with Crippen LogP contribution in [0.1, 0.15) is 5.82 Å². The van der Waals surface area contributed by atoms with Crippen molar-refractivity contribution in [1.82, 2.24) is 19.4 Å². The molecule has 0 fully saturated rings. The Hall–Kier alpha value is -3.91. The lowest BCUT2D eigenvalue weighted by Crippen LogP contribution is -2.21. The van der Waals surface area contributed by atoms with Crippen LogP contribution in [0.2, 0.25) is 0 Å². The second-order valence-electron chi connectivity index (χ2n) is 8.34. The molecule has 2 N–H and O–H groups in total. The Labute approximate surface area is 217 Å². The minimum Gasteiger partial charge on any atom is -0.394 e. The lowest BCUT2D eigenvalue weighted by atomic mass is 10.1. The van der Waals surface area contributed by atoms with Gasteiger partial charge in [0.1, 0.15) is 4.05 Å². The first-order valence-corrected chi connectivity index (χ1v) is 12.6. The number of benzene rings is 3. The molecular formula is C29H22IN5. The SMILES string of the molecule is N/C(=C\N1C=CC=CC1I)c1ncc(-c2ccc(-n3c4ccccc4c4ccccc43)cc2)cn1. The average Bonchev–Trinajstić information content (AvgIpc) is 3.25. The van der Waals surface area contributed by atoms with Gasteiger partial charge in [0, 0.05) is 46.8 Å². The summed E-state index contributed by atoms with van der Waals surface area (Å²) >= 11 is 2.34. The highest BCUT2D eigenvalue weighted by Gasteiger charge is 2.13. The molecule has 0 saturated heterocycles. The van der Waals surface area contributed by atoms with Crippen molar-refractivity contribution in [2.75, 3.05) is 0 Å². The average molecular weight is 567 g/mol. The van der Waals surface area contributed by atoms with Gasteiger partial charge < -0.3 is 15.2 Å². The van der Waals surface area contributed by atoms with E-state index in [4.69, 9.17) is 5.73 Å². The summed E-state index contributed by atoms with van der Waals surface area (Å²) in [7, 11) is 0. The van der Waals surface area contributed by atoms with Crippen LogP contribution in [0, 0.1) is 0 Å². The lowest BCUT2D eigenvalue weighted by Gasteiger charge is -2.22. The van der Waals surface area contributed by atoms with Gasteiger partial charge in [0.15, 0.2) is 5.82 Å². The van der Waals surface area contributed by atoms with Gasteiger partial charge in [0.2, 0.25) is 0 Å². The largest absolute Gasteiger partial charge is 0.394 e. The number of para-hydroxylation sites is 2. The van der Waals surface area contributed by atoms with Crippen molar-refractivity contribution in [3.05, 3.63) is 122 Å². The Morgan fingerprint density at radius 2 is 1.43 bits per heavy atom. The molecule has 0 radical (unpaired) electrons. The van der Waals surface area contributed by atoms with Crippen LogP contribution in [-0.2, 0) is 0 Å². The fourth-order valence-electron chi connectivity index (χ4n) is 4.45. The first-order chi connectivity index (χ1) is 17.2. The van der Waals surface area contributed by atoms with Crippen LogP contribution >= 0.6 is 22.6 Å². The van der Waals surface area contributed by atoms with E-state index in [2.05, 4.69) is 116 Å². The predicted octanol–water partition coefficient (Wildman–Crippen LogP) is 6.64. The van der Waals surface area contributed by atoms with E-state index in [1.165, 1.54) is 21.8 Å². The standard InChI is InChI=1S/C29H22IN5/c30-28-11-5-6-16-34(28)19-25(31)29-32-17-21(18-33-29)20-12-14-22(15-13-20)35-26-9-3-1-7-23(26)24-8-2-4-10-27(24)35/h1-19,28H,31H2/b25-19-. The molecule has 1 atom stereocenters. The van der Waals surface area contributed by atoms with E-state index in [1.807, 2.05) is 41.8 Å². The molecule has 2 aromatic heterocycles. The number of nitrogens with two attached hydrogens (primary N) is 1. The summed E-state index contributed by atoms with van der Waals surface area (Å²) < 4.78 is 2.52. The molecule has 3 aromatic carbocycles. The third-order valence-electron chi connectivity index (χ3n) is 6.16. The van der Waals surface area contributed by atoms with Gasteiger partial charge in [-0.15, -0.1) is 0 Å². The summed E-state index contributed by atoms with van der Waals surface area (Å²) in [5, 5.41) is 2.51. The molecule has 1 aliphatic rings. The van der Waals surface area contributed by atoms with Crippen molar-refractivity contribution in [3.63, 3.8) is 0 Å². The van der Waals surface area contributed by atoms with E-state index in [0.29, 0.717) is 11.5 Å². The predicted molar refractivity (Wildman–Crippen MR) is 152 cm³/mol. The molecule has 1 unspecified atom stereocenters. The minimum absolute atomic E-state index is 0.212. The third-order valence-corrected chi connectivity index (χ3v) is 7.22. The molecule has 0 bridgehead atoms. The second-order valence-corrected chi connectivity index (χ2v) is 9.62. The molecule has 35 heavy (non-hydrogen) atoms. The minimum atomic E-state index is 0.212. The smallest absolute Gasteiger partial charge is 0.176 e. The van der Waals surface area contributed by atoms with Crippen LogP contribution in [0.4, 0.5) is 0 Å². The molecule has 5 aromatic rings. The monoisotopic (exact) mass is 567 g/mol. The number of halogens is 1. The molecule has 170 valence electrons. The van der Waals surface area contributed by atoms with Crippen molar-refractivity contribution >= 4 is 50.1 Å². The highest BCUT2D eigenvalue weighted by molar-refractivity contribution is 14.1. The Balaban J connectivity index is 1.30. The molecule has 0 amide bonds. The van der Waals surface area contributed by atoms with E-state index < -0.39 is 0 Å². The molecule has 3 heterocycles. The zero-order valence-electron chi connectivity index (χ0n) is 18.8. The maximum atomic E-state index is 6.27. The molecule has 0 saturated carbocycles. The van der Waals surface area contributed by atoms with Crippen LogP contribution in [0.5, 0.6) is 0 Å². The molecule has 5 nitrogen and oxygen atoms in total. The second kappa shape index (κ2) is 9.03.